The Morgan fingerprint density at radius 1 is 1.32 bits per heavy atom. The van der Waals surface area contributed by atoms with Gasteiger partial charge in [0.25, 0.3) is 0 Å². The number of pyridine rings is 1. The van der Waals surface area contributed by atoms with Crippen molar-refractivity contribution in [3.63, 3.8) is 0 Å². The molecule has 1 saturated carbocycles. The lowest BCUT2D eigenvalue weighted by Crippen LogP contribution is -2.79. The molecule has 1 N–H and O–H groups in total. The van der Waals surface area contributed by atoms with Gasteiger partial charge in [-0.25, -0.2) is 9.97 Å². The van der Waals surface area contributed by atoms with Crippen LogP contribution in [-0.2, 0) is 6.54 Å². The molecule has 3 fully saturated rings. The molecule has 176 valence electrons. The maximum atomic E-state index is 12.0. The molecule has 0 bridgehead atoms. The summed E-state index contributed by atoms with van der Waals surface area (Å²) in [4.78, 5) is 13.5. The van der Waals surface area contributed by atoms with Crippen molar-refractivity contribution in [1.82, 2.24) is 15.0 Å². The summed E-state index contributed by atoms with van der Waals surface area (Å²) in [5, 5.41) is 13.4. The average Bonchev–Trinajstić information content (AvgIpc) is 2.93. The van der Waals surface area contributed by atoms with Gasteiger partial charge in [-0.05, 0) is 42.7 Å². The molecule has 2 aromatic heterocycles. The number of aryl methyl sites for hydroxylation is 1. The Morgan fingerprint density at radius 3 is 2.88 bits per heavy atom. The molecule has 1 aliphatic carbocycles. The number of nitrogens with zero attached hydrogens (tertiary/aromatic N) is 4. The lowest BCUT2D eigenvalue weighted by molar-refractivity contribution is -1.05. The van der Waals surface area contributed by atoms with Crippen LogP contribution in [-0.4, -0.2) is 49.8 Å². The molecule has 1 aromatic carbocycles. The van der Waals surface area contributed by atoms with Gasteiger partial charge in [0.1, 0.15) is 41.0 Å². The summed E-state index contributed by atoms with van der Waals surface area (Å²) < 4.78 is 6.34. The van der Waals surface area contributed by atoms with E-state index in [0.717, 1.165) is 58.3 Å². The van der Waals surface area contributed by atoms with E-state index in [2.05, 4.69) is 22.6 Å². The lowest BCUT2D eigenvalue weighted by Gasteiger charge is -2.67. The number of halogens is 1. The number of aliphatic hydroxyl groups excluding tert-OH is 1. The van der Waals surface area contributed by atoms with Crippen molar-refractivity contribution in [3.05, 3.63) is 71.4 Å². The highest BCUT2D eigenvalue weighted by Gasteiger charge is 2.78. The first-order chi connectivity index (χ1) is 16.4. The van der Waals surface area contributed by atoms with E-state index in [1.165, 1.54) is 6.42 Å². The minimum absolute atomic E-state index is 0.0644. The van der Waals surface area contributed by atoms with E-state index in [9.17, 15) is 5.11 Å². The summed E-state index contributed by atoms with van der Waals surface area (Å²) in [6.45, 7) is 7.79. The molecule has 0 radical (unpaired) electrons. The van der Waals surface area contributed by atoms with Gasteiger partial charge < -0.3 is 14.3 Å². The van der Waals surface area contributed by atoms with Crippen LogP contribution in [0.25, 0.3) is 10.9 Å². The van der Waals surface area contributed by atoms with E-state index in [0.29, 0.717) is 22.8 Å². The average molecular weight is 478 g/mol. The molecule has 3 aromatic rings. The van der Waals surface area contributed by atoms with Gasteiger partial charge >= 0.3 is 0 Å². The quantitative estimate of drug-likeness (QED) is 0.314. The minimum atomic E-state index is -0.621. The van der Waals surface area contributed by atoms with Gasteiger partial charge in [0.2, 0.25) is 0 Å². The van der Waals surface area contributed by atoms with Crippen LogP contribution in [0, 0.1) is 18.8 Å². The Hall–Kier alpha value is -2.54. The predicted molar refractivity (Wildman–Crippen MR) is 131 cm³/mol. The second-order valence-electron chi connectivity index (χ2n) is 10.2. The van der Waals surface area contributed by atoms with Gasteiger partial charge in [0.05, 0.1) is 31.3 Å². The molecule has 6 unspecified atom stereocenters. The van der Waals surface area contributed by atoms with Crippen molar-refractivity contribution in [2.75, 3.05) is 13.7 Å². The Morgan fingerprint density at radius 2 is 2.18 bits per heavy atom. The highest BCUT2D eigenvalue weighted by atomic mass is 35.5. The Kier molecular flexibility index (Phi) is 5.00. The van der Waals surface area contributed by atoms with E-state index in [1.807, 2.05) is 37.3 Å². The first-order valence-electron chi connectivity index (χ1n) is 12.0. The Labute approximate surface area is 204 Å². The van der Waals surface area contributed by atoms with Crippen LogP contribution in [0.5, 0.6) is 5.75 Å². The first kappa shape index (κ1) is 22.0. The zero-order chi connectivity index (χ0) is 23.7. The number of hydrogen-bond acceptors (Lipinski definition) is 5. The fraction of sp³-hybridized carbons (Fsp3) is 0.444. The van der Waals surface area contributed by atoms with E-state index in [4.69, 9.17) is 21.3 Å². The monoisotopic (exact) mass is 477 g/mol. The first-order valence-corrected chi connectivity index (χ1v) is 12.4. The number of allylic oxidation sites excluding steroid dienone is 1. The van der Waals surface area contributed by atoms with Crippen molar-refractivity contribution >= 4 is 22.5 Å². The number of methoxy groups -OCH3 is 1. The second kappa shape index (κ2) is 7.74. The van der Waals surface area contributed by atoms with Gasteiger partial charge in [0.15, 0.2) is 0 Å². The van der Waals surface area contributed by atoms with Crippen LogP contribution in [0.4, 0.5) is 0 Å². The van der Waals surface area contributed by atoms with Crippen molar-refractivity contribution in [2.45, 2.75) is 50.4 Å². The molecule has 6 rings (SSSR count). The molecule has 1 spiro atoms. The molecule has 3 aliphatic rings. The highest BCUT2D eigenvalue weighted by Crippen LogP contribution is 2.69. The number of hydrogen-bond donors (Lipinski definition) is 1. The Balaban J connectivity index is 1.44. The molecule has 34 heavy (non-hydrogen) atoms. The van der Waals surface area contributed by atoms with Crippen LogP contribution in [0.15, 0.2) is 49.2 Å². The summed E-state index contributed by atoms with van der Waals surface area (Å²) in [7, 11) is 1.66. The van der Waals surface area contributed by atoms with Crippen LogP contribution < -0.4 is 4.74 Å². The molecule has 7 heteroatoms. The number of benzene rings is 1. The summed E-state index contributed by atoms with van der Waals surface area (Å²) in [5.41, 5.74) is 2.93. The fourth-order valence-electron chi connectivity index (χ4n) is 7.48. The van der Waals surface area contributed by atoms with Crippen LogP contribution >= 0.6 is 11.6 Å². The molecular weight excluding hydrogens is 448 g/mol. The topological polar surface area (TPSA) is 68.1 Å². The van der Waals surface area contributed by atoms with Gasteiger partial charge in [-0.2, -0.15) is 0 Å². The zero-order valence-electron chi connectivity index (χ0n) is 19.6. The molecule has 2 aliphatic heterocycles. The van der Waals surface area contributed by atoms with Crippen molar-refractivity contribution in [3.8, 4) is 5.75 Å². The highest BCUT2D eigenvalue weighted by molar-refractivity contribution is 6.29. The molecule has 0 amide bonds. The smallest absolute Gasteiger partial charge is 0.133 e. The maximum Gasteiger partial charge on any atom is 0.133 e. The van der Waals surface area contributed by atoms with Crippen LogP contribution in [0.1, 0.15) is 42.4 Å². The van der Waals surface area contributed by atoms with E-state index < -0.39 is 6.10 Å². The third kappa shape index (κ3) is 2.92. The van der Waals surface area contributed by atoms with Crippen LogP contribution in [0.2, 0.25) is 5.15 Å². The van der Waals surface area contributed by atoms with Gasteiger partial charge in [-0.1, -0.05) is 17.7 Å². The summed E-state index contributed by atoms with van der Waals surface area (Å²) >= 11 is 6.31. The number of aliphatic hydroxyl groups is 1. The standard InChI is InChI=1S/C27H30ClN4O2/c1-4-17-14-27-8-10-32(27,15-18-11-25(28)31-16(2)30-18)24(13-22(17)27)26(33)20-7-9-29-23-6-5-19(34-3)12-21(20)23/h4-7,9,11-12,17,22,24,26,33H,1,8,10,13-15H2,2-3H3/q+1. The molecule has 2 saturated heterocycles. The lowest BCUT2D eigenvalue weighted by atomic mass is 9.54. The van der Waals surface area contributed by atoms with Gasteiger partial charge in [-0.3, -0.25) is 4.98 Å². The molecule has 6 atom stereocenters. The molecule has 4 heterocycles. The SMILES string of the molecule is C=CC1CC23CC[N+]2(Cc2cc(Cl)nc(C)n2)C(C(O)c2ccnc4ccc(OC)cc24)CC13. The van der Waals surface area contributed by atoms with Crippen molar-refractivity contribution in [2.24, 2.45) is 11.8 Å². The maximum absolute atomic E-state index is 12.0. The Bertz CT molecular complexity index is 1280. The third-order valence-electron chi connectivity index (χ3n) is 9.03. The van der Waals surface area contributed by atoms with Crippen molar-refractivity contribution < 1.29 is 14.3 Å². The largest absolute Gasteiger partial charge is 0.497 e. The summed E-state index contributed by atoms with van der Waals surface area (Å²) in [5.74, 6) is 2.51. The normalized spacial score (nSPS) is 32.3. The molecular formula is C27H30ClN4O2+. The number of aromatic nitrogens is 3. The number of fused-ring (bicyclic) bond motifs is 1. The fourth-order valence-corrected chi connectivity index (χ4v) is 7.72. The summed E-state index contributed by atoms with van der Waals surface area (Å²) in [6, 6.07) is 9.77. The van der Waals surface area contributed by atoms with Crippen LogP contribution in [0.3, 0.4) is 0 Å². The summed E-state index contributed by atoms with van der Waals surface area (Å²) in [6.07, 6.45) is 6.60. The van der Waals surface area contributed by atoms with Gasteiger partial charge in [-0.15, -0.1) is 6.58 Å². The number of ether oxygens (including phenoxy) is 1. The number of quaternary nitrogens is 1. The van der Waals surface area contributed by atoms with Gasteiger partial charge in [0, 0.05) is 36.4 Å². The minimum Gasteiger partial charge on any atom is -0.497 e. The van der Waals surface area contributed by atoms with E-state index in [1.54, 1.807) is 13.3 Å². The van der Waals surface area contributed by atoms with Crippen molar-refractivity contribution in [1.29, 1.82) is 0 Å². The zero-order valence-corrected chi connectivity index (χ0v) is 20.4. The van der Waals surface area contributed by atoms with E-state index in [-0.39, 0.29) is 11.6 Å². The molecule has 6 nitrogen and oxygen atoms in total. The number of rotatable bonds is 6. The second-order valence-corrected chi connectivity index (χ2v) is 10.6. The third-order valence-corrected chi connectivity index (χ3v) is 9.22. The predicted octanol–water partition coefficient (Wildman–Crippen LogP) is 4.78. The van der Waals surface area contributed by atoms with E-state index >= 15 is 0 Å².